The van der Waals surface area contributed by atoms with Crippen LogP contribution >= 0.6 is 0 Å². The Bertz CT molecular complexity index is 976. The van der Waals surface area contributed by atoms with Gasteiger partial charge in [0.2, 0.25) is 15.9 Å². The number of carbonyl (C=O) groups excluding carboxylic acids is 1. The van der Waals surface area contributed by atoms with Gasteiger partial charge in [0.15, 0.2) is 0 Å². The van der Waals surface area contributed by atoms with Crippen LogP contribution in [0.4, 0.5) is 24.5 Å². The van der Waals surface area contributed by atoms with E-state index in [9.17, 15) is 26.4 Å². The highest BCUT2D eigenvalue weighted by Crippen LogP contribution is 2.35. The van der Waals surface area contributed by atoms with E-state index in [1.165, 1.54) is 24.3 Å². The molecule has 0 aliphatic heterocycles. The molecule has 6 nitrogen and oxygen atoms in total. The number of anilines is 2. The maximum Gasteiger partial charge on any atom is 0.418 e. The average Bonchev–Trinajstić information content (AvgIpc) is 2.65. The highest BCUT2D eigenvalue weighted by molar-refractivity contribution is 7.92. The lowest BCUT2D eigenvalue weighted by molar-refractivity contribution is -0.137. The Morgan fingerprint density at radius 3 is 2.20 bits per heavy atom. The van der Waals surface area contributed by atoms with E-state index in [1.54, 1.807) is 26.0 Å². The number of amides is 1. The number of nitrogens with one attached hydrogen (secondary N) is 1. The maximum absolute atomic E-state index is 13.2. The number of para-hydroxylation sites is 1. The van der Waals surface area contributed by atoms with E-state index in [0.717, 1.165) is 22.7 Å². The molecule has 0 unspecified atom stereocenters. The molecule has 1 N–H and O–H groups in total. The molecule has 0 heterocycles. The molecule has 0 radical (unpaired) electrons. The molecular weight excluding hydrogens is 421 g/mol. The molecule has 30 heavy (non-hydrogen) atoms. The van der Waals surface area contributed by atoms with Crippen molar-refractivity contribution in [3.63, 3.8) is 0 Å². The zero-order valence-electron chi connectivity index (χ0n) is 16.7. The molecule has 0 aromatic heterocycles. The monoisotopic (exact) mass is 444 g/mol. The predicted octanol–water partition coefficient (Wildman–Crippen LogP) is 4.29. The van der Waals surface area contributed by atoms with Gasteiger partial charge in [-0.15, -0.1) is 0 Å². The second kappa shape index (κ2) is 9.38. The van der Waals surface area contributed by atoms with E-state index in [4.69, 9.17) is 4.74 Å². The number of halogens is 3. The van der Waals surface area contributed by atoms with Crippen LogP contribution in [0.15, 0.2) is 48.5 Å². The van der Waals surface area contributed by atoms with Gasteiger partial charge in [0.25, 0.3) is 0 Å². The maximum atomic E-state index is 13.2. The Balaban J connectivity index is 2.40. The molecule has 2 aromatic carbocycles. The van der Waals surface area contributed by atoms with Crippen LogP contribution in [-0.4, -0.2) is 33.2 Å². The highest BCUT2D eigenvalue weighted by Gasteiger charge is 2.36. The SMILES string of the molecule is CCOc1ccc(N([C@H](CC)C(=O)Nc2ccccc2C(F)(F)F)S(C)(=O)=O)cc1. The zero-order chi connectivity index (χ0) is 22.5. The highest BCUT2D eigenvalue weighted by atomic mass is 32.2. The molecule has 0 fully saturated rings. The van der Waals surface area contributed by atoms with Gasteiger partial charge in [0, 0.05) is 0 Å². The number of hydrogen-bond donors (Lipinski definition) is 1. The number of sulfonamides is 1. The van der Waals surface area contributed by atoms with Gasteiger partial charge >= 0.3 is 6.18 Å². The van der Waals surface area contributed by atoms with Crippen molar-refractivity contribution < 1.29 is 31.1 Å². The van der Waals surface area contributed by atoms with Crippen LogP contribution in [0, 0.1) is 0 Å². The Labute approximate surface area is 173 Å². The van der Waals surface area contributed by atoms with Gasteiger partial charge < -0.3 is 10.1 Å². The van der Waals surface area contributed by atoms with Gasteiger partial charge in [-0.25, -0.2) is 8.42 Å². The van der Waals surface area contributed by atoms with Crippen LogP contribution in [0.3, 0.4) is 0 Å². The van der Waals surface area contributed by atoms with Crippen molar-refractivity contribution in [3.8, 4) is 5.75 Å². The quantitative estimate of drug-likeness (QED) is 0.659. The predicted molar refractivity (Wildman–Crippen MR) is 109 cm³/mol. The summed E-state index contributed by atoms with van der Waals surface area (Å²) >= 11 is 0. The number of alkyl halides is 3. The van der Waals surface area contributed by atoms with Crippen molar-refractivity contribution in [2.24, 2.45) is 0 Å². The van der Waals surface area contributed by atoms with Gasteiger partial charge in [-0.05, 0) is 49.7 Å². The first-order valence-corrected chi connectivity index (χ1v) is 11.0. The average molecular weight is 444 g/mol. The third-order valence-corrected chi connectivity index (χ3v) is 5.40. The fraction of sp³-hybridized carbons (Fsp3) is 0.350. The van der Waals surface area contributed by atoms with Crippen molar-refractivity contribution in [1.82, 2.24) is 0 Å². The van der Waals surface area contributed by atoms with Crippen LogP contribution in [0.5, 0.6) is 5.75 Å². The van der Waals surface area contributed by atoms with Crippen LogP contribution < -0.4 is 14.4 Å². The minimum Gasteiger partial charge on any atom is -0.494 e. The number of rotatable bonds is 8. The smallest absolute Gasteiger partial charge is 0.418 e. The van der Waals surface area contributed by atoms with E-state index in [-0.39, 0.29) is 12.1 Å². The molecule has 0 saturated carbocycles. The molecule has 2 rings (SSSR count). The molecule has 2 aromatic rings. The molecule has 0 spiro atoms. The largest absolute Gasteiger partial charge is 0.494 e. The first kappa shape index (κ1) is 23.5. The molecule has 164 valence electrons. The minimum atomic E-state index is -4.67. The van der Waals surface area contributed by atoms with Crippen LogP contribution in [0.2, 0.25) is 0 Å². The second-order valence-electron chi connectivity index (χ2n) is 6.44. The summed E-state index contributed by atoms with van der Waals surface area (Å²) in [5, 5.41) is 2.23. The van der Waals surface area contributed by atoms with Gasteiger partial charge in [-0.3, -0.25) is 9.10 Å². The van der Waals surface area contributed by atoms with Crippen molar-refractivity contribution in [1.29, 1.82) is 0 Å². The zero-order valence-corrected chi connectivity index (χ0v) is 17.5. The van der Waals surface area contributed by atoms with Gasteiger partial charge in [0.05, 0.1) is 29.8 Å². The summed E-state index contributed by atoms with van der Waals surface area (Å²) in [7, 11) is -3.92. The topological polar surface area (TPSA) is 75.7 Å². The molecule has 1 amide bonds. The summed E-state index contributed by atoms with van der Waals surface area (Å²) in [6, 6.07) is 9.34. The number of nitrogens with zero attached hydrogens (tertiary/aromatic N) is 1. The number of carbonyl (C=O) groups is 1. The number of benzene rings is 2. The fourth-order valence-corrected chi connectivity index (χ4v) is 4.18. The number of ether oxygens (including phenoxy) is 1. The van der Waals surface area contributed by atoms with Crippen molar-refractivity contribution in [3.05, 3.63) is 54.1 Å². The number of hydrogen-bond acceptors (Lipinski definition) is 4. The Hall–Kier alpha value is -2.75. The summed E-state index contributed by atoms with van der Waals surface area (Å²) in [4.78, 5) is 12.8. The molecule has 0 aliphatic carbocycles. The van der Waals surface area contributed by atoms with Crippen LogP contribution in [0.1, 0.15) is 25.8 Å². The van der Waals surface area contributed by atoms with Crippen LogP contribution in [-0.2, 0) is 21.0 Å². The third kappa shape index (κ3) is 5.65. The van der Waals surface area contributed by atoms with E-state index < -0.39 is 39.4 Å². The Morgan fingerprint density at radius 2 is 1.70 bits per heavy atom. The normalized spacial score (nSPS) is 12.9. The van der Waals surface area contributed by atoms with E-state index in [1.807, 2.05) is 0 Å². The Kier molecular flexibility index (Phi) is 7.35. The van der Waals surface area contributed by atoms with Gasteiger partial charge in [-0.1, -0.05) is 19.1 Å². The summed E-state index contributed by atoms with van der Waals surface area (Å²) in [6.07, 6.45) is -3.69. The first-order chi connectivity index (χ1) is 14.0. The summed E-state index contributed by atoms with van der Waals surface area (Å²) in [5.41, 5.74) is -1.25. The van der Waals surface area contributed by atoms with Gasteiger partial charge in [-0.2, -0.15) is 13.2 Å². The van der Waals surface area contributed by atoms with Crippen molar-refractivity contribution >= 4 is 27.3 Å². The van der Waals surface area contributed by atoms with E-state index >= 15 is 0 Å². The standard InChI is InChI=1S/C20H23F3N2O4S/c1-4-18(19(26)24-17-9-7-6-8-16(17)20(21,22)23)25(30(3,27)28)14-10-12-15(13-11-14)29-5-2/h6-13,18H,4-5H2,1-3H3,(H,24,26)/t18-/m1/s1. The molecule has 0 bridgehead atoms. The van der Waals surface area contributed by atoms with Crippen LogP contribution in [0.25, 0.3) is 0 Å². The van der Waals surface area contributed by atoms with E-state index in [0.29, 0.717) is 12.4 Å². The summed E-state index contributed by atoms with van der Waals surface area (Å²) in [5.74, 6) is -0.347. The third-order valence-electron chi connectivity index (χ3n) is 4.22. The molecule has 0 aliphatic rings. The fourth-order valence-electron chi connectivity index (χ4n) is 2.97. The lowest BCUT2D eigenvalue weighted by atomic mass is 10.1. The van der Waals surface area contributed by atoms with Crippen molar-refractivity contribution in [2.45, 2.75) is 32.5 Å². The molecule has 10 heteroatoms. The summed E-state index contributed by atoms with van der Waals surface area (Å²) in [6.45, 7) is 3.80. The molecule has 1 atom stereocenters. The Morgan fingerprint density at radius 1 is 1.10 bits per heavy atom. The first-order valence-electron chi connectivity index (χ1n) is 9.18. The lowest BCUT2D eigenvalue weighted by Crippen LogP contribution is -2.47. The minimum absolute atomic E-state index is 0.0420. The second-order valence-corrected chi connectivity index (χ2v) is 8.30. The summed E-state index contributed by atoms with van der Waals surface area (Å²) < 4.78 is 70.8. The molecular formula is C20H23F3N2O4S. The molecule has 0 saturated heterocycles. The lowest BCUT2D eigenvalue weighted by Gasteiger charge is -2.30. The van der Waals surface area contributed by atoms with E-state index in [2.05, 4.69) is 5.32 Å². The van der Waals surface area contributed by atoms with Gasteiger partial charge in [0.1, 0.15) is 11.8 Å². The van der Waals surface area contributed by atoms with Crippen molar-refractivity contribution in [2.75, 3.05) is 22.5 Å².